The van der Waals surface area contributed by atoms with Crippen molar-refractivity contribution in [1.29, 1.82) is 0 Å². The summed E-state index contributed by atoms with van der Waals surface area (Å²) in [4.78, 5) is 10.1. The zero-order chi connectivity index (χ0) is 15.6. The smallest absolute Gasteiger partial charge is 0.295 e. The van der Waals surface area contributed by atoms with Crippen molar-refractivity contribution in [2.75, 3.05) is 5.32 Å². The largest absolute Gasteiger partial charge is 0.370 e. The number of nitrogens with zero attached hydrogens (tertiary/aromatic N) is 1. The fourth-order valence-corrected chi connectivity index (χ4v) is 2.10. The first-order valence-electron chi connectivity index (χ1n) is 6.04. The maximum absolute atomic E-state index is 13.8. The van der Waals surface area contributed by atoms with Crippen LogP contribution in [0.3, 0.4) is 0 Å². The average molecular weight is 313 g/mol. The number of benzene rings is 2. The van der Waals surface area contributed by atoms with E-state index in [0.717, 1.165) is 12.1 Å². The van der Waals surface area contributed by atoms with Crippen LogP contribution in [-0.4, -0.2) is 4.92 Å². The Morgan fingerprint density at radius 3 is 2.62 bits per heavy atom. The Morgan fingerprint density at radius 2 is 2.00 bits per heavy atom. The van der Waals surface area contributed by atoms with E-state index in [2.05, 4.69) is 5.32 Å². The molecule has 2 rings (SSSR count). The number of anilines is 1. The van der Waals surface area contributed by atoms with Crippen LogP contribution < -0.4 is 5.32 Å². The van der Waals surface area contributed by atoms with Crippen LogP contribution in [0.4, 0.5) is 20.2 Å². The summed E-state index contributed by atoms with van der Waals surface area (Å²) in [5.74, 6) is -2.43. The molecule has 0 bridgehead atoms. The number of hydrogen-bond acceptors (Lipinski definition) is 3. The Hall–Kier alpha value is -2.21. The van der Waals surface area contributed by atoms with Gasteiger partial charge in [-0.1, -0.05) is 23.7 Å². The second kappa shape index (κ2) is 6.05. The second-order valence-corrected chi connectivity index (χ2v) is 4.87. The maximum Gasteiger partial charge on any atom is 0.295 e. The summed E-state index contributed by atoms with van der Waals surface area (Å²) in [7, 11) is 0. The van der Waals surface area contributed by atoms with Crippen LogP contribution in [0.15, 0.2) is 36.4 Å². The van der Waals surface area contributed by atoms with Gasteiger partial charge in [-0.3, -0.25) is 10.1 Å². The summed E-state index contributed by atoms with van der Waals surface area (Å²) < 4.78 is 27.1. The molecule has 0 aliphatic heterocycles. The molecule has 0 saturated carbocycles. The number of rotatable bonds is 4. The SMILES string of the molecule is CC(Nc1c([N+](=O)[O-])ccc(F)c1F)c1cccc(Cl)c1. The third-order valence-electron chi connectivity index (χ3n) is 2.98. The second-order valence-electron chi connectivity index (χ2n) is 4.43. The first kappa shape index (κ1) is 15.2. The highest BCUT2D eigenvalue weighted by Gasteiger charge is 2.23. The zero-order valence-electron chi connectivity index (χ0n) is 10.9. The van der Waals surface area contributed by atoms with E-state index < -0.39 is 34.0 Å². The highest BCUT2D eigenvalue weighted by Crippen LogP contribution is 2.32. The van der Waals surface area contributed by atoms with Gasteiger partial charge in [0, 0.05) is 17.1 Å². The Bertz CT molecular complexity index is 695. The Labute approximate surface area is 124 Å². The van der Waals surface area contributed by atoms with Gasteiger partial charge in [0.05, 0.1) is 4.92 Å². The Morgan fingerprint density at radius 1 is 1.29 bits per heavy atom. The molecule has 1 unspecified atom stereocenters. The van der Waals surface area contributed by atoms with Gasteiger partial charge in [0.15, 0.2) is 17.3 Å². The van der Waals surface area contributed by atoms with Gasteiger partial charge in [-0.15, -0.1) is 0 Å². The molecule has 0 aliphatic rings. The van der Waals surface area contributed by atoms with Gasteiger partial charge >= 0.3 is 0 Å². The minimum atomic E-state index is -1.28. The molecule has 2 aromatic rings. The van der Waals surface area contributed by atoms with Crippen LogP contribution >= 0.6 is 11.6 Å². The van der Waals surface area contributed by atoms with Crippen molar-refractivity contribution in [3.63, 3.8) is 0 Å². The lowest BCUT2D eigenvalue weighted by molar-refractivity contribution is -0.384. The van der Waals surface area contributed by atoms with Crippen molar-refractivity contribution in [2.45, 2.75) is 13.0 Å². The Balaban J connectivity index is 2.39. The van der Waals surface area contributed by atoms with Gasteiger partial charge in [0.1, 0.15) is 0 Å². The van der Waals surface area contributed by atoms with Crippen molar-refractivity contribution in [3.8, 4) is 0 Å². The number of nitro groups is 1. The summed E-state index contributed by atoms with van der Waals surface area (Å²) in [5, 5.41) is 14.0. The van der Waals surface area contributed by atoms with Gasteiger partial charge < -0.3 is 5.32 Å². The Kier molecular flexibility index (Phi) is 4.37. The lowest BCUT2D eigenvalue weighted by Crippen LogP contribution is -2.11. The third-order valence-corrected chi connectivity index (χ3v) is 3.21. The minimum Gasteiger partial charge on any atom is -0.370 e. The topological polar surface area (TPSA) is 55.2 Å². The lowest BCUT2D eigenvalue weighted by atomic mass is 10.1. The molecular formula is C14H11ClF2N2O2. The predicted molar refractivity (Wildman–Crippen MR) is 76.5 cm³/mol. The van der Waals surface area contributed by atoms with E-state index in [4.69, 9.17) is 11.6 Å². The van der Waals surface area contributed by atoms with E-state index in [1.165, 1.54) is 0 Å². The molecule has 2 aromatic carbocycles. The van der Waals surface area contributed by atoms with E-state index in [1.807, 2.05) is 0 Å². The number of halogens is 3. The van der Waals surface area contributed by atoms with Gasteiger partial charge in [-0.25, -0.2) is 8.78 Å². The minimum absolute atomic E-state index is 0.479. The predicted octanol–water partition coefficient (Wildman–Crippen LogP) is 4.70. The standard InChI is InChI=1S/C14H11ClF2N2O2/c1-8(9-3-2-4-10(15)7-9)18-14-12(19(20)21)6-5-11(16)13(14)17/h2-8,18H,1H3. The summed E-state index contributed by atoms with van der Waals surface area (Å²) in [6, 6.07) is 7.90. The van der Waals surface area contributed by atoms with E-state index in [9.17, 15) is 18.9 Å². The van der Waals surface area contributed by atoms with Crippen LogP contribution in [0.2, 0.25) is 5.02 Å². The summed E-state index contributed by atoms with van der Waals surface area (Å²) in [5.41, 5.74) is -0.310. The first-order chi connectivity index (χ1) is 9.90. The van der Waals surface area contributed by atoms with Crippen molar-refractivity contribution < 1.29 is 13.7 Å². The molecule has 0 fully saturated rings. The zero-order valence-corrected chi connectivity index (χ0v) is 11.7. The molecule has 4 nitrogen and oxygen atoms in total. The molecule has 0 spiro atoms. The van der Waals surface area contributed by atoms with Gasteiger partial charge in [-0.2, -0.15) is 0 Å². The quantitative estimate of drug-likeness (QED) is 0.657. The average Bonchev–Trinajstić information content (AvgIpc) is 2.43. The summed E-state index contributed by atoms with van der Waals surface area (Å²) in [6.45, 7) is 1.67. The summed E-state index contributed by atoms with van der Waals surface area (Å²) >= 11 is 5.86. The maximum atomic E-state index is 13.8. The van der Waals surface area contributed by atoms with E-state index in [0.29, 0.717) is 10.6 Å². The molecule has 7 heteroatoms. The molecule has 0 aromatic heterocycles. The van der Waals surface area contributed by atoms with E-state index in [1.54, 1.807) is 31.2 Å². The van der Waals surface area contributed by atoms with Gasteiger partial charge in [-0.05, 0) is 30.7 Å². The molecular weight excluding hydrogens is 302 g/mol. The molecule has 0 amide bonds. The van der Waals surface area contributed by atoms with Crippen molar-refractivity contribution in [1.82, 2.24) is 0 Å². The fraction of sp³-hybridized carbons (Fsp3) is 0.143. The molecule has 110 valence electrons. The van der Waals surface area contributed by atoms with E-state index in [-0.39, 0.29) is 0 Å². The third kappa shape index (κ3) is 3.28. The normalized spacial score (nSPS) is 12.0. The molecule has 0 saturated heterocycles. The molecule has 1 atom stereocenters. The highest BCUT2D eigenvalue weighted by molar-refractivity contribution is 6.30. The molecule has 0 radical (unpaired) electrons. The number of nitrogens with one attached hydrogen (secondary N) is 1. The van der Waals surface area contributed by atoms with Crippen molar-refractivity contribution >= 4 is 23.0 Å². The monoisotopic (exact) mass is 312 g/mol. The molecule has 0 heterocycles. The van der Waals surface area contributed by atoms with Crippen molar-refractivity contribution in [3.05, 3.63) is 68.7 Å². The fourth-order valence-electron chi connectivity index (χ4n) is 1.91. The van der Waals surface area contributed by atoms with Crippen LogP contribution in [0, 0.1) is 21.7 Å². The number of nitro benzene ring substituents is 1. The van der Waals surface area contributed by atoms with Gasteiger partial charge in [0.25, 0.3) is 5.69 Å². The molecule has 21 heavy (non-hydrogen) atoms. The first-order valence-corrected chi connectivity index (χ1v) is 6.42. The van der Waals surface area contributed by atoms with Crippen LogP contribution in [-0.2, 0) is 0 Å². The lowest BCUT2D eigenvalue weighted by Gasteiger charge is -2.16. The molecule has 0 aliphatic carbocycles. The van der Waals surface area contributed by atoms with E-state index >= 15 is 0 Å². The van der Waals surface area contributed by atoms with Crippen LogP contribution in [0.5, 0.6) is 0 Å². The summed E-state index contributed by atoms with van der Waals surface area (Å²) in [6.07, 6.45) is 0. The highest BCUT2D eigenvalue weighted by atomic mass is 35.5. The number of hydrogen-bond donors (Lipinski definition) is 1. The molecule has 1 N–H and O–H groups in total. The van der Waals surface area contributed by atoms with Crippen LogP contribution in [0.1, 0.15) is 18.5 Å². The van der Waals surface area contributed by atoms with Gasteiger partial charge in [0.2, 0.25) is 0 Å². The van der Waals surface area contributed by atoms with Crippen molar-refractivity contribution in [2.24, 2.45) is 0 Å². The van der Waals surface area contributed by atoms with Crippen LogP contribution in [0.25, 0.3) is 0 Å².